The van der Waals surface area contributed by atoms with E-state index in [1.165, 1.54) is 0 Å². The molecule has 1 atom stereocenters. The van der Waals surface area contributed by atoms with Crippen LogP contribution in [-0.4, -0.2) is 19.2 Å². The Labute approximate surface area is 126 Å². The summed E-state index contributed by atoms with van der Waals surface area (Å²) in [6.07, 6.45) is 1.73. The third-order valence-electron chi connectivity index (χ3n) is 2.98. The van der Waals surface area contributed by atoms with E-state index in [9.17, 15) is 0 Å². The summed E-state index contributed by atoms with van der Waals surface area (Å²) in [7, 11) is 3.21. The Morgan fingerprint density at radius 3 is 2.55 bits per heavy atom. The van der Waals surface area contributed by atoms with Crippen molar-refractivity contribution < 1.29 is 9.47 Å². The Kier molecular flexibility index (Phi) is 4.94. The molecule has 1 aromatic heterocycles. The fraction of sp³-hybridized carbons (Fsp3) is 0.214. The van der Waals surface area contributed by atoms with Crippen LogP contribution in [0, 0.1) is 0 Å². The number of hydrazine groups is 1. The molecule has 0 saturated carbocycles. The van der Waals surface area contributed by atoms with Gasteiger partial charge >= 0.3 is 0 Å². The molecule has 0 aliphatic carbocycles. The van der Waals surface area contributed by atoms with E-state index in [0.717, 1.165) is 15.7 Å². The zero-order chi connectivity index (χ0) is 14.5. The largest absolute Gasteiger partial charge is 0.495 e. The molecule has 0 amide bonds. The number of aromatic nitrogens is 1. The number of methoxy groups -OCH3 is 2. The molecule has 0 radical (unpaired) electrons. The van der Waals surface area contributed by atoms with Gasteiger partial charge in [0.05, 0.1) is 26.0 Å². The molecule has 0 bridgehead atoms. The first-order chi connectivity index (χ1) is 9.72. The van der Waals surface area contributed by atoms with Crippen molar-refractivity contribution in [3.05, 3.63) is 52.3 Å². The van der Waals surface area contributed by atoms with Gasteiger partial charge in [-0.05, 0) is 40.2 Å². The van der Waals surface area contributed by atoms with Gasteiger partial charge in [0, 0.05) is 11.8 Å². The van der Waals surface area contributed by atoms with Crippen LogP contribution in [0.15, 0.2) is 41.0 Å². The van der Waals surface area contributed by atoms with E-state index >= 15 is 0 Å². The number of rotatable bonds is 5. The number of hydrogen-bond donors (Lipinski definition) is 2. The average Bonchev–Trinajstić information content (AvgIpc) is 2.49. The molecule has 1 unspecified atom stereocenters. The standard InChI is InChI=1S/C14H16BrN3O2/c1-19-11-7-6-9(14(20-2)12(11)15)13(18-16)10-5-3-4-8-17-10/h3-8,13,18H,16H2,1-2H3. The second-order valence-corrected chi connectivity index (χ2v) is 4.85. The first-order valence-electron chi connectivity index (χ1n) is 6.00. The molecule has 0 aliphatic rings. The molecule has 0 spiro atoms. The van der Waals surface area contributed by atoms with E-state index in [2.05, 4.69) is 26.3 Å². The molecule has 0 fully saturated rings. The zero-order valence-electron chi connectivity index (χ0n) is 11.3. The first kappa shape index (κ1) is 14.8. The van der Waals surface area contributed by atoms with E-state index in [0.29, 0.717) is 11.5 Å². The van der Waals surface area contributed by atoms with Crippen LogP contribution < -0.4 is 20.7 Å². The summed E-state index contributed by atoms with van der Waals surface area (Å²) in [5, 5.41) is 0. The summed E-state index contributed by atoms with van der Waals surface area (Å²) in [4.78, 5) is 4.33. The Bertz CT molecular complexity index is 578. The van der Waals surface area contributed by atoms with Gasteiger partial charge in [0.1, 0.15) is 16.0 Å². The predicted molar refractivity (Wildman–Crippen MR) is 80.6 cm³/mol. The van der Waals surface area contributed by atoms with Crippen molar-refractivity contribution in [3.63, 3.8) is 0 Å². The molecule has 0 aliphatic heterocycles. The van der Waals surface area contributed by atoms with Gasteiger partial charge in [0.2, 0.25) is 0 Å². The second kappa shape index (κ2) is 6.69. The fourth-order valence-corrected chi connectivity index (χ4v) is 2.71. The van der Waals surface area contributed by atoms with Crippen LogP contribution in [0.1, 0.15) is 17.3 Å². The van der Waals surface area contributed by atoms with Gasteiger partial charge in [-0.2, -0.15) is 0 Å². The second-order valence-electron chi connectivity index (χ2n) is 4.06. The molecule has 0 saturated heterocycles. The topological polar surface area (TPSA) is 69.4 Å². The molecule has 20 heavy (non-hydrogen) atoms. The first-order valence-corrected chi connectivity index (χ1v) is 6.79. The Balaban J connectivity index is 2.53. The number of halogens is 1. The third kappa shape index (κ3) is 2.77. The average molecular weight is 338 g/mol. The number of pyridine rings is 1. The Morgan fingerprint density at radius 2 is 2.00 bits per heavy atom. The van der Waals surface area contributed by atoms with Gasteiger partial charge in [-0.15, -0.1) is 0 Å². The number of nitrogens with one attached hydrogen (secondary N) is 1. The number of nitrogens with two attached hydrogens (primary N) is 1. The van der Waals surface area contributed by atoms with Gasteiger partial charge in [-0.1, -0.05) is 6.07 Å². The molecular formula is C14H16BrN3O2. The van der Waals surface area contributed by atoms with Gasteiger partial charge in [0.25, 0.3) is 0 Å². The molecule has 6 heteroatoms. The SMILES string of the molecule is COc1ccc(C(NN)c2ccccn2)c(OC)c1Br. The summed E-state index contributed by atoms with van der Waals surface area (Å²) in [5.41, 5.74) is 4.46. The van der Waals surface area contributed by atoms with Crippen molar-refractivity contribution in [2.75, 3.05) is 14.2 Å². The van der Waals surface area contributed by atoms with E-state index < -0.39 is 0 Å². The zero-order valence-corrected chi connectivity index (χ0v) is 12.8. The van der Waals surface area contributed by atoms with Crippen LogP contribution in [0.25, 0.3) is 0 Å². The van der Waals surface area contributed by atoms with Crippen LogP contribution >= 0.6 is 15.9 Å². The monoisotopic (exact) mass is 337 g/mol. The molecule has 3 N–H and O–H groups in total. The summed E-state index contributed by atoms with van der Waals surface area (Å²) in [6, 6.07) is 9.17. The van der Waals surface area contributed by atoms with Crippen molar-refractivity contribution >= 4 is 15.9 Å². The Morgan fingerprint density at radius 1 is 1.20 bits per heavy atom. The summed E-state index contributed by atoms with van der Waals surface area (Å²) < 4.78 is 11.5. The molecule has 5 nitrogen and oxygen atoms in total. The maximum absolute atomic E-state index is 5.69. The summed E-state index contributed by atoms with van der Waals surface area (Å²) in [5.74, 6) is 7.05. The number of benzene rings is 1. The lowest BCUT2D eigenvalue weighted by atomic mass is 10.0. The minimum absolute atomic E-state index is 0.270. The minimum atomic E-state index is -0.270. The number of ether oxygens (including phenoxy) is 2. The maximum atomic E-state index is 5.69. The molecule has 2 aromatic rings. The highest BCUT2D eigenvalue weighted by Gasteiger charge is 2.21. The molecule has 106 valence electrons. The highest BCUT2D eigenvalue weighted by Crippen LogP contribution is 2.40. The van der Waals surface area contributed by atoms with E-state index in [1.54, 1.807) is 20.4 Å². The lowest BCUT2D eigenvalue weighted by Gasteiger charge is -2.20. The normalized spacial score (nSPS) is 12.0. The third-order valence-corrected chi connectivity index (χ3v) is 3.73. The van der Waals surface area contributed by atoms with Gasteiger partial charge < -0.3 is 9.47 Å². The predicted octanol–water partition coefficient (Wildman–Crippen LogP) is 2.41. The Hall–Kier alpha value is -1.63. The van der Waals surface area contributed by atoms with Crippen molar-refractivity contribution in [3.8, 4) is 11.5 Å². The van der Waals surface area contributed by atoms with E-state index in [4.69, 9.17) is 15.3 Å². The smallest absolute Gasteiger partial charge is 0.142 e. The van der Waals surface area contributed by atoms with Gasteiger partial charge in [0.15, 0.2) is 0 Å². The van der Waals surface area contributed by atoms with Crippen molar-refractivity contribution in [1.29, 1.82) is 0 Å². The number of hydrogen-bond acceptors (Lipinski definition) is 5. The van der Waals surface area contributed by atoms with Gasteiger partial charge in [-0.3, -0.25) is 10.8 Å². The highest BCUT2D eigenvalue weighted by molar-refractivity contribution is 9.10. The van der Waals surface area contributed by atoms with Crippen LogP contribution in [0.4, 0.5) is 0 Å². The highest BCUT2D eigenvalue weighted by atomic mass is 79.9. The molecule has 1 aromatic carbocycles. The van der Waals surface area contributed by atoms with E-state index in [-0.39, 0.29) is 6.04 Å². The van der Waals surface area contributed by atoms with Crippen molar-refractivity contribution in [2.24, 2.45) is 5.84 Å². The van der Waals surface area contributed by atoms with Crippen molar-refractivity contribution in [1.82, 2.24) is 10.4 Å². The van der Waals surface area contributed by atoms with E-state index in [1.807, 2.05) is 30.3 Å². The maximum Gasteiger partial charge on any atom is 0.142 e. The summed E-state index contributed by atoms with van der Waals surface area (Å²) in [6.45, 7) is 0. The van der Waals surface area contributed by atoms with Crippen molar-refractivity contribution in [2.45, 2.75) is 6.04 Å². The molecule has 1 heterocycles. The molecular weight excluding hydrogens is 322 g/mol. The summed E-state index contributed by atoms with van der Waals surface area (Å²) >= 11 is 3.48. The van der Waals surface area contributed by atoms with Crippen LogP contribution in [0.3, 0.4) is 0 Å². The quantitative estimate of drug-likeness (QED) is 0.647. The number of nitrogens with zero attached hydrogens (tertiary/aromatic N) is 1. The lowest BCUT2D eigenvalue weighted by molar-refractivity contribution is 0.382. The fourth-order valence-electron chi connectivity index (χ4n) is 2.03. The van der Waals surface area contributed by atoms with Crippen LogP contribution in [0.5, 0.6) is 11.5 Å². The van der Waals surface area contributed by atoms with Gasteiger partial charge in [-0.25, -0.2) is 5.43 Å². The van der Waals surface area contributed by atoms with Crippen LogP contribution in [0.2, 0.25) is 0 Å². The molecule has 2 rings (SSSR count). The lowest BCUT2D eigenvalue weighted by Crippen LogP contribution is -2.29. The minimum Gasteiger partial charge on any atom is -0.495 e. The van der Waals surface area contributed by atoms with Crippen LogP contribution in [-0.2, 0) is 0 Å².